The van der Waals surface area contributed by atoms with E-state index in [0.29, 0.717) is 11.5 Å². The summed E-state index contributed by atoms with van der Waals surface area (Å²) in [5.74, 6) is 0.584. The first-order chi connectivity index (χ1) is 6.81. The van der Waals surface area contributed by atoms with Crippen molar-refractivity contribution in [2.75, 3.05) is 7.11 Å². The smallest absolute Gasteiger partial charge is 0.377 e. The molecular weight excluding hydrogens is 184 g/mol. The van der Waals surface area contributed by atoms with Crippen molar-refractivity contribution in [3.63, 3.8) is 0 Å². The number of fused-ring (bicyclic) bond motifs is 1. The number of rotatable bonds is 1. The monoisotopic (exact) mass is 192 g/mol. The van der Waals surface area contributed by atoms with Gasteiger partial charge in [-0.15, -0.1) is 0 Å². The first kappa shape index (κ1) is 8.62. The molecule has 1 aliphatic rings. The summed E-state index contributed by atoms with van der Waals surface area (Å²) >= 11 is 0. The van der Waals surface area contributed by atoms with Crippen molar-refractivity contribution >= 4 is 5.97 Å². The minimum atomic E-state index is -0.556. The van der Waals surface area contributed by atoms with E-state index in [9.17, 15) is 4.79 Å². The van der Waals surface area contributed by atoms with Crippen LogP contribution in [0, 0.1) is 0 Å². The summed E-state index contributed by atoms with van der Waals surface area (Å²) in [6.45, 7) is 0. The van der Waals surface area contributed by atoms with Crippen LogP contribution >= 0.6 is 0 Å². The van der Waals surface area contributed by atoms with Crippen LogP contribution in [0.25, 0.3) is 0 Å². The third-order valence-electron chi connectivity index (χ3n) is 1.75. The van der Waals surface area contributed by atoms with Crippen molar-refractivity contribution in [1.29, 1.82) is 0 Å². The largest absolute Gasteiger partial charge is 0.463 e. The lowest BCUT2D eigenvalue weighted by molar-refractivity contribution is -0.138. The van der Waals surface area contributed by atoms with Crippen LogP contribution in [0.1, 0.15) is 0 Å². The first-order valence-electron chi connectivity index (χ1n) is 4.03. The van der Waals surface area contributed by atoms with Crippen molar-refractivity contribution in [1.82, 2.24) is 0 Å². The molecule has 1 aliphatic heterocycles. The van der Waals surface area contributed by atoms with E-state index in [0.717, 1.165) is 0 Å². The predicted molar refractivity (Wildman–Crippen MR) is 47.8 cm³/mol. The Morgan fingerprint density at radius 1 is 1.29 bits per heavy atom. The molecule has 14 heavy (non-hydrogen) atoms. The number of esters is 1. The van der Waals surface area contributed by atoms with Gasteiger partial charge in [0.05, 0.1) is 7.11 Å². The standard InChI is InChI=1S/C10H8O4/c1-12-10(11)9-6-13-7-4-2-3-5-8(7)14-9/h2-6H,1H3. The Bertz CT molecular complexity index is 395. The summed E-state index contributed by atoms with van der Waals surface area (Å²) in [4.78, 5) is 11.1. The van der Waals surface area contributed by atoms with Crippen molar-refractivity contribution in [2.45, 2.75) is 0 Å². The highest BCUT2D eigenvalue weighted by molar-refractivity contribution is 5.86. The molecular formula is C10H8O4. The van der Waals surface area contributed by atoms with Crippen LogP contribution in [0.15, 0.2) is 36.3 Å². The van der Waals surface area contributed by atoms with Gasteiger partial charge in [-0.1, -0.05) is 12.1 Å². The Morgan fingerprint density at radius 2 is 2.00 bits per heavy atom. The first-order valence-corrected chi connectivity index (χ1v) is 4.03. The summed E-state index contributed by atoms with van der Waals surface area (Å²) in [6, 6.07) is 7.08. The van der Waals surface area contributed by atoms with E-state index in [4.69, 9.17) is 9.47 Å². The summed E-state index contributed by atoms with van der Waals surface area (Å²) < 4.78 is 14.9. The third kappa shape index (κ3) is 1.42. The van der Waals surface area contributed by atoms with Gasteiger partial charge < -0.3 is 14.2 Å². The van der Waals surface area contributed by atoms with Gasteiger partial charge in [0.2, 0.25) is 5.76 Å². The molecule has 0 radical (unpaired) electrons. The Balaban J connectivity index is 2.25. The van der Waals surface area contributed by atoms with Crippen molar-refractivity contribution in [3.8, 4) is 11.5 Å². The van der Waals surface area contributed by atoms with Gasteiger partial charge in [0.15, 0.2) is 11.5 Å². The summed E-state index contributed by atoms with van der Waals surface area (Å²) in [6.07, 6.45) is 1.23. The normalized spacial score (nSPS) is 13.1. The van der Waals surface area contributed by atoms with Crippen LogP contribution in [0.3, 0.4) is 0 Å². The molecule has 2 rings (SSSR count). The van der Waals surface area contributed by atoms with E-state index in [-0.39, 0.29) is 5.76 Å². The molecule has 1 aromatic rings. The fourth-order valence-electron chi connectivity index (χ4n) is 1.08. The topological polar surface area (TPSA) is 44.8 Å². The highest BCUT2D eigenvalue weighted by atomic mass is 16.6. The summed E-state index contributed by atoms with van der Waals surface area (Å²) in [7, 11) is 1.28. The number of carbonyl (C=O) groups is 1. The van der Waals surface area contributed by atoms with Crippen LogP contribution in [-0.2, 0) is 9.53 Å². The molecule has 4 nitrogen and oxygen atoms in total. The van der Waals surface area contributed by atoms with Gasteiger partial charge in [0.25, 0.3) is 0 Å². The molecule has 0 amide bonds. The van der Waals surface area contributed by atoms with Crippen molar-refractivity contribution < 1.29 is 19.0 Å². The van der Waals surface area contributed by atoms with E-state index in [1.54, 1.807) is 18.2 Å². The number of para-hydroxylation sites is 2. The van der Waals surface area contributed by atoms with Gasteiger partial charge in [-0.3, -0.25) is 0 Å². The Labute approximate surface area is 80.7 Å². The molecule has 72 valence electrons. The zero-order valence-corrected chi connectivity index (χ0v) is 7.52. The van der Waals surface area contributed by atoms with Crippen LogP contribution < -0.4 is 9.47 Å². The third-order valence-corrected chi connectivity index (χ3v) is 1.75. The van der Waals surface area contributed by atoms with Gasteiger partial charge in [-0.05, 0) is 12.1 Å². The number of methoxy groups -OCH3 is 1. The quantitative estimate of drug-likeness (QED) is 0.632. The van der Waals surface area contributed by atoms with E-state index < -0.39 is 5.97 Å². The maximum Gasteiger partial charge on any atom is 0.377 e. The lowest BCUT2D eigenvalue weighted by Crippen LogP contribution is -2.15. The van der Waals surface area contributed by atoms with Crippen LogP contribution in [0.2, 0.25) is 0 Å². The van der Waals surface area contributed by atoms with Gasteiger partial charge in [0.1, 0.15) is 6.26 Å². The molecule has 0 N–H and O–H groups in total. The van der Waals surface area contributed by atoms with Gasteiger partial charge >= 0.3 is 5.97 Å². The SMILES string of the molecule is COC(=O)C1=COc2ccccc2O1. The predicted octanol–water partition coefficient (Wildman–Crippen LogP) is 1.47. The van der Waals surface area contributed by atoms with E-state index in [1.165, 1.54) is 13.4 Å². The van der Waals surface area contributed by atoms with E-state index >= 15 is 0 Å². The molecule has 0 saturated carbocycles. The lowest BCUT2D eigenvalue weighted by atomic mass is 10.3. The molecule has 1 aromatic carbocycles. The molecule has 0 fully saturated rings. The van der Waals surface area contributed by atoms with Crippen LogP contribution in [-0.4, -0.2) is 13.1 Å². The second-order valence-electron chi connectivity index (χ2n) is 2.64. The average molecular weight is 192 g/mol. The molecule has 0 atom stereocenters. The number of hydrogen-bond donors (Lipinski definition) is 0. The Morgan fingerprint density at radius 3 is 2.71 bits per heavy atom. The summed E-state index contributed by atoms with van der Waals surface area (Å²) in [5.41, 5.74) is 0. The maximum absolute atomic E-state index is 11.1. The minimum Gasteiger partial charge on any atom is -0.463 e. The number of hydrogen-bond acceptors (Lipinski definition) is 4. The van der Waals surface area contributed by atoms with Crippen molar-refractivity contribution in [3.05, 3.63) is 36.3 Å². The molecule has 0 bridgehead atoms. The maximum atomic E-state index is 11.1. The van der Waals surface area contributed by atoms with E-state index in [2.05, 4.69) is 4.74 Å². The fraction of sp³-hybridized carbons (Fsp3) is 0.100. The van der Waals surface area contributed by atoms with Crippen LogP contribution in [0.4, 0.5) is 0 Å². The second-order valence-corrected chi connectivity index (χ2v) is 2.64. The second kappa shape index (κ2) is 3.41. The number of ether oxygens (including phenoxy) is 3. The van der Waals surface area contributed by atoms with E-state index in [1.807, 2.05) is 6.07 Å². The zero-order valence-electron chi connectivity index (χ0n) is 7.52. The average Bonchev–Trinajstić information content (AvgIpc) is 2.27. The zero-order chi connectivity index (χ0) is 9.97. The van der Waals surface area contributed by atoms with Gasteiger partial charge in [-0.25, -0.2) is 4.79 Å². The van der Waals surface area contributed by atoms with Crippen LogP contribution in [0.5, 0.6) is 11.5 Å². The van der Waals surface area contributed by atoms with Gasteiger partial charge in [0, 0.05) is 0 Å². The molecule has 0 saturated heterocycles. The summed E-state index contributed by atoms with van der Waals surface area (Å²) in [5, 5.41) is 0. The molecule has 0 aliphatic carbocycles. The lowest BCUT2D eigenvalue weighted by Gasteiger charge is -2.15. The molecule has 1 heterocycles. The number of benzene rings is 1. The number of carbonyl (C=O) groups excluding carboxylic acids is 1. The fourth-order valence-corrected chi connectivity index (χ4v) is 1.08. The Kier molecular flexibility index (Phi) is 2.10. The molecule has 0 unspecified atom stereocenters. The minimum absolute atomic E-state index is 0.0474. The molecule has 0 aromatic heterocycles. The van der Waals surface area contributed by atoms with Crippen molar-refractivity contribution in [2.24, 2.45) is 0 Å². The Hall–Kier alpha value is -1.97. The highest BCUT2D eigenvalue weighted by Crippen LogP contribution is 2.31. The molecule has 4 heteroatoms. The van der Waals surface area contributed by atoms with Gasteiger partial charge in [-0.2, -0.15) is 0 Å². The highest BCUT2D eigenvalue weighted by Gasteiger charge is 2.19. The molecule has 0 spiro atoms.